The van der Waals surface area contributed by atoms with E-state index in [9.17, 15) is 0 Å². The van der Waals surface area contributed by atoms with Gasteiger partial charge in [0.1, 0.15) is 17.5 Å². The van der Waals surface area contributed by atoms with Gasteiger partial charge in [0.05, 0.1) is 6.20 Å². The molecular weight excluding hydrogens is 188 g/mol. The van der Waals surface area contributed by atoms with Gasteiger partial charge in [-0.2, -0.15) is 0 Å². The largest absolute Gasteiger partial charge is 0.490 e. The van der Waals surface area contributed by atoms with Crippen LogP contribution in [0, 0.1) is 6.92 Å². The molecule has 13 heavy (non-hydrogen) atoms. The molecule has 1 rings (SSSR count). The Labute approximate surface area is 82.9 Å². The zero-order valence-electron chi connectivity index (χ0n) is 7.75. The van der Waals surface area contributed by atoms with Gasteiger partial charge in [0, 0.05) is 6.04 Å². The Morgan fingerprint density at radius 3 is 2.92 bits per heavy atom. The SMILES string of the molecule is Cc1cc(OC[C@@H](C)N)cnc1Cl. The third kappa shape index (κ3) is 3.20. The van der Waals surface area contributed by atoms with Crippen molar-refractivity contribution >= 4 is 11.6 Å². The van der Waals surface area contributed by atoms with E-state index in [0.29, 0.717) is 17.5 Å². The summed E-state index contributed by atoms with van der Waals surface area (Å²) >= 11 is 5.75. The van der Waals surface area contributed by atoms with Crippen LogP contribution in [-0.2, 0) is 0 Å². The van der Waals surface area contributed by atoms with E-state index in [1.807, 2.05) is 19.9 Å². The predicted octanol–water partition coefficient (Wildman–Crippen LogP) is 1.77. The van der Waals surface area contributed by atoms with Crippen molar-refractivity contribution < 1.29 is 4.74 Å². The predicted molar refractivity (Wildman–Crippen MR) is 53.1 cm³/mol. The van der Waals surface area contributed by atoms with Crippen molar-refractivity contribution in [1.29, 1.82) is 0 Å². The quantitative estimate of drug-likeness (QED) is 0.757. The van der Waals surface area contributed by atoms with Crippen molar-refractivity contribution in [2.24, 2.45) is 5.73 Å². The van der Waals surface area contributed by atoms with Crippen molar-refractivity contribution in [2.75, 3.05) is 6.61 Å². The molecule has 0 aliphatic carbocycles. The van der Waals surface area contributed by atoms with E-state index in [1.54, 1.807) is 6.20 Å². The molecule has 0 fully saturated rings. The number of nitrogens with zero attached hydrogens (tertiary/aromatic N) is 1. The standard InChI is InChI=1S/C9H13ClN2O/c1-6-3-8(4-12-9(6)10)13-5-7(2)11/h3-4,7H,5,11H2,1-2H3/t7-/m1/s1. The summed E-state index contributed by atoms with van der Waals surface area (Å²) in [5, 5.41) is 0.508. The van der Waals surface area contributed by atoms with Crippen molar-refractivity contribution in [3.05, 3.63) is 23.0 Å². The minimum Gasteiger partial charge on any atom is -0.490 e. The van der Waals surface area contributed by atoms with Gasteiger partial charge in [-0.25, -0.2) is 4.98 Å². The number of aromatic nitrogens is 1. The van der Waals surface area contributed by atoms with E-state index in [4.69, 9.17) is 22.1 Å². The average Bonchev–Trinajstić information content (AvgIpc) is 2.07. The second kappa shape index (κ2) is 4.44. The Kier molecular flexibility index (Phi) is 3.51. The van der Waals surface area contributed by atoms with Gasteiger partial charge in [0.25, 0.3) is 0 Å². The van der Waals surface area contributed by atoms with Crippen LogP contribution in [0.1, 0.15) is 12.5 Å². The molecule has 2 N–H and O–H groups in total. The topological polar surface area (TPSA) is 48.1 Å². The van der Waals surface area contributed by atoms with Crippen LogP contribution in [-0.4, -0.2) is 17.6 Å². The van der Waals surface area contributed by atoms with Crippen LogP contribution in [0.25, 0.3) is 0 Å². The van der Waals surface area contributed by atoms with E-state index in [2.05, 4.69) is 4.98 Å². The van der Waals surface area contributed by atoms with Gasteiger partial charge < -0.3 is 10.5 Å². The van der Waals surface area contributed by atoms with Crippen molar-refractivity contribution in [3.8, 4) is 5.75 Å². The monoisotopic (exact) mass is 200 g/mol. The van der Waals surface area contributed by atoms with Crippen molar-refractivity contribution in [2.45, 2.75) is 19.9 Å². The van der Waals surface area contributed by atoms with Gasteiger partial charge in [-0.05, 0) is 25.5 Å². The lowest BCUT2D eigenvalue weighted by molar-refractivity contribution is 0.295. The summed E-state index contributed by atoms with van der Waals surface area (Å²) in [6, 6.07) is 1.87. The van der Waals surface area contributed by atoms with Crippen LogP contribution in [0.15, 0.2) is 12.3 Å². The number of aryl methyl sites for hydroxylation is 1. The lowest BCUT2D eigenvalue weighted by atomic mass is 10.3. The highest BCUT2D eigenvalue weighted by Crippen LogP contribution is 2.17. The fourth-order valence-corrected chi connectivity index (χ4v) is 0.942. The molecule has 1 atom stereocenters. The fourth-order valence-electron chi connectivity index (χ4n) is 0.839. The van der Waals surface area contributed by atoms with Crippen molar-refractivity contribution in [3.63, 3.8) is 0 Å². The first-order chi connectivity index (χ1) is 6.09. The van der Waals surface area contributed by atoms with E-state index < -0.39 is 0 Å². The van der Waals surface area contributed by atoms with Gasteiger partial charge in [-0.15, -0.1) is 0 Å². The van der Waals surface area contributed by atoms with E-state index in [1.165, 1.54) is 0 Å². The molecule has 3 nitrogen and oxygen atoms in total. The maximum absolute atomic E-state index is 5.75. The third-order valence-electron chi connectivity index (χ3n) is 1.50. The summed E-state index contributed by atoms with van der Waals surface area (Å²) in [6.07, 6.45) is 1.59. The summed E-state index contributed by atoms with van der Waals surface area (Å²) in [5.41, 5.74) is 6.44. The first-order valence-electron chi connectivity index (χ1n) is 4.10. The molecule has 0 unspecified atom stereocenters. The molecule has 0 saturated heterocycles. The zero-order chi connectivity index (χ0) is 9.84. The first kappa shape index (κ1) is 10.3. The van der Waals surface area contributed by atoms with Crippen LogP contribution >= 0.6 is 11.6 Å². The number of hydrogen-bond acceptors (Lipinski definition) is 3. The molecule has 0 aromatic carbocycles. The van der Waals surface area contributed by atoms with Crippen LogP contribution in [0.2, 0.25) is 5.15 Å². The number of ether oxygens (including phenoxy) is 1. The second-order valence-electron chi connectivity index (χ2n) is 3.07. The Balaban J connectivity index is 2.63. The summed E-state index contributed by atoms with van der Waals surface area (Å²) in [5.74, 6) is 0.708. The number of pyridine rings is 1. The number of rotatable bonds is 3. The Morgan fingerprint density at radius 2 is 2.38 bits per heavy atom. The molecule has 0 amide bonds. The maximum Gasteiger partial charge on any atom is 0.138 e. The van der Waals surface area contributed by atoms with Crippen LogP contribution in [0.5, 0.6) is 5.75 Å². The fraction of sp³-hybridized carbons (Fsp3) is 0.444. The summed E-state index contributed by atoms with van der Waals surface area (Å²) in [4.78, 5) is 3.96. The minimum absolute atomic E-state index is 0.0241. The minimum atomic E-state index is 0.0241. The molecular formula is C9H13ClN2O. The summed E-state index contributed by atoms with van der Waals surface area (Å²) in [7, 11) is 0. The normalized spacial score (nSPS) is 12.6. The van der Waals surface area contributed by atoms with E-state index in [0.717, 1.165) is 5.56 Å². The molecule has 0 spiro atoms. The molecule has 0 aliphatic heterocycles. The highest BCUT2D eigenvalue weighted by Gasteiger charge is 2.00. The average molecular weight is 201 g/mol. The molecule has 1 aromatic heterocycles. The van der Waals surface area contributed by atoms with Crippen LogP contribution in [0.4, 0.5) is 0 Å². The Hall–Kier alpha value is -0.800. The van der Waals surface area contributed by atoms with Gasteiger partial charge >= 0.3 is 0 Å². The third-order valence-corrected chi connectivity index (χ3v) is 1.90. The summed E-state index contributed by atoms with van der Waals surface area (Å²) in [6.45, 7) is 4.26. The van der Waals surface area contributed by atoms with Crippen LogP contribution in [0.3, 0.4) is 0 Å². The number of nitrogens with two attached hydrogens (primary N) is 1. The smallest absolute Gasteiger partial charge is 0.138 e. The molecule has 0 aliphatic rings. The Morgan fingerprint density at radius 1 is 1.69 bits per heavy atom. The maximum atomic E-state index is 5.75. The molecule has 0 bridgehead atoms. The molecule has 0 saturated carbocycles. The van der Waals surface area contributed by atoms with E-state index in [-0.39, 0.29) is 6.04 Å². The molecule has 1 heterocycles. The van der Waals surface area contributed by atoms with Gasteiger partial charge in [0.15, 0.2) is 0 Å². The lowest BCUT2D eigenvalue weighted by Crippen LogP contribution is -2.23. The van der Waals surface area contributed by atoms with Gasteiger partial charge in [0.2, 0.25) is 0 Å². The highest BCUT2D eigenvalue weighted by molar-refractivity contribution is 6.30. The lowest BCUT2D eigenvalue weighted by Gasteiger charge is -2.08. The Bertz CT molecular complexity index is 289. The molecule has 4 heteroatoms. The highest BCUT2D eigenvalue weighted by atomic mass is 35.5. The van der Waals surface area contributed by atoms with Gasteiger partial charge in [-0.1, -0.05) is 11.6 Å². The second-order valence-corrected chi connectivity index (χ2v) is 3.43. The summed E-state index contributed by atoms with van der Waals surface area (Å²) < 4.78 is 5.36. The molecule has 1 aromatic rings. The van der Waals surface area contributed by atoms with E-state index >= 15 is 0 Å². The van der Waals surface area contributed by atoms with Crippen LogP contribution < -0.4 is 10.5 Å². The molecule has 72 valence electrons. The first-order valence-corrected chi connectivity index (χ1v) is 4.48. The molecule has 0 radical (unpaired) electrons. The zero-order valence-corrected chi connectivity index (χ0v) is 8.51. The van der Waals surface area contributed by atoms with Crippen molar-refractivity contribution in [1.82, 2.24) is 4.98 Å². The van der Waals surface area contributed by atoms with Gasteiger partial charge in [-0.3, -0.25) is 0 Å². The number of halogens is 1. The number of hydrogen-bond donors (Lipinski definition) is 1.